The summed E-state index contributed by atoms with van der Waals surface area (Å²) in [6.45, 7) is 6.98. The van der Waals surface area contributed by atoms with E-state index in [2.05, 4.69) is 27.2 Å². The first kappa shape index (κ1) is 22.8. The first-order chi connectivity index (χ1) is 15.7. The molecule has 4 rings (SSSR count). The predicted molar refractivity (Wildman–Crippen MR) is 128 cm³/mol. The molecule has 32 heavy (non-hydrogen) atoms. The van der Waals surface area contributed by atoms with Crippen molar-refractivity contribution in [3.63, 3.8) is 0 Å². The van der Waals surface area contributed by atoms with Crippen LogP contribution in [0.15, 0.2) is 54.6 Å². The number of benzene rings is 2. The maximum absolute atomic E-state index is 12.5. The topological polar surface area (TPSA) is 54.0 Å². The Morgan fingerprint density at radius 1 is 0.938 bits per heavy atom. The summed E-state index contributed by atoms with van der Waals surface area (Å²) in [7, 11) is 0. The van der Waals surface area contributed by atoms with Crippen LogP contribution < -0.4 is 10.2 Å². The zero-order valence-electron chi connectivity index (χ0n) is 18.2. The second kappa shape index (κ2) is 11.5. The number of halogens is 1. The molecule has 1 amide bonds. The van der Waals surface area contributed by atoms with E-state index in [4.69, 9.17) is 21.1 Å². The summed E-state index contributed by atoms with van der Waals surface area (Å²) < 4.78 is 10.9. The van der Waals surface area contributed by atoms with Gasteiger partial charge in [0.05, 0.1) is 32.5 Å². The van der Waals surface area contributed by atoms with E-state index < -0.39 is 0 Å². The summed E-state index contributed by atoms with van der Waals surface area (Å²) in [5, 5.41) is 3.77. The van der Waals surface area contributed by atoms with Gasteiger partial charge in [0, 0.05) is 49.5 Å². The number of morpholine rings is 2. The Morgan fingerprint density at radius 2 is 1.56 bits per heavy atom. The number of hydrogen-bond acceptors (Lipinski definition) is 5. The molecule has 170 valence electrons. The molecule has 0 saturated carbocycles. The average Bonchev–Trinajstić information content (AvgIpc) is 2.85. The van der Waals surface area contributed by atoms with Crippen molar-refractivity contribution in [1.29, 1.82) is 0 Å². The van der Waals surface area contributed by atoms with Gasteiger partial charge in [-0.15, -0.1) is 0 Å². The predicted octanol–water partition coefficient (Wildman–Crippen LogP) is 3.38. The van der Waals surface area contributed by atoms with Gasteiger partial charge in [-0.1, -0.05) is 35.9 Å². The fourth-order valence-corrected chi connectivity index (χ4v) is 4.20. The van der Waals surface area contributed by atoms with Gasteiger partial charge in [-0.2, -0.15) is 0 Å². The van der Waals surface area contributed by atoms with E-state index in [1.165, 1.54) is 5.69 Å². The van der Waals surface area contributed by atoms with Gasteiger partial charge in [-0.05, 0) is 41.5 Å². The highest BCUT2D eigenvalue weighted by Gasteiger charge is 2.23. The molecule has 2 aliphatic heterocycles. The molecule has 2 aliphatic rings. The number of carbonyl (C=O) groups excluding carboxylic acids is 1. The first-order valence-corrected chi connectivity index (χ1v) is 11.5. The molecule has 0 bridgehead atoms. The third kappa shape index (κ3) is 6.33. The van der Waals surface area contributed by atoms with Crippen LogP contribution in [0.5, 0.6) is 0 Å². The Morgan fingerprint density at radius 3 is 2.22 bits per heavy atom. The molecule has 2 aromatic rings. The largest absolute Gasteiger partial charge is 0.379 e. The molecule has 2 saturated heterocycles. The first-order valence-electron chi connectivity index (χ1n) is 11.1. The number of hydrogen-bond donors (Lipinski definition) is 1. The van der Waals surface area contributed by atoms with Crippen LogP contribution in [0, 0.1) is 0 Å². The Balaban J connectivity index is 1.34. The van der Waals surface area contributed by atoms with Gasteiger partial charge >= 0.3 is 0 Å². The minimum atomic E-state index is -0.102. The molecule has 0 aromatic heterocycles. The minimum Gasteiger partial charge on any atom is -0.379 e. The highest BCUT2D eigenvalue weighted by molar-refractivity contribution is 6.30. The zero-order chi connectivity index (χ0) is 22.2. The maximum atomic E-state index is 12.5. The summed E-state index contributed by atoms with van der Waals surface area (Å²) in [6, 6.07) is 16.2. The minimum absolute atomic E-state index is 0.0846. The zero-order valence-corrected chi connectivity index (χ0v) is 19.0. The van der Waals surface area contributed by atoms with Crippen LogP contribution in [0.3, 0.4) is 0 Å². The molecular weight excluding hydrogens is 426 g/mol. The highest BCUT2D eigenvalue weighted by atomic mass is 35.5. The molecule has 1 unspecified atom stereocenters. The van der Waals surface area contributed by atoms with Crippen LogP contribution in [0.2, 0.25) is 5.02 Å². The summed E-state index contributed by atoms with van der Waals surface area (Å²) >= 11 is 6.06. The SMILES string of the molecule is O=C(/C=C/c1ccc(N2CCOCC2)cc1)NCC(c1ccc(Cl)cc1)N1CCOCC1. The van der Waals surface area contributed by atoms with E-state index in [0.717, 1.165) is 50.5 Å². The fourth-order valence-electron chi connectivity index (χ4n) is 4.08. The Labute approximate surface area is 194 Å². The summed E-state index contributed by atoms with van der Waals surface area (Å²) in [5.74, 6) is -0.102. The Kier molecular flexibility index (Phi) is 8.18. The van der Waals surface area contributed by atoms with Gasteiger partial charge in [0.1, 0.15) is 0 Å². The highest BCUT2D eigenvalue weighted by Crippen LogP contribution is 2.23. The number of anilines is 1. The Hall–Kier alpha value is -2.38. The molecule has 1 N–H and O–H groups in total. The number of rotatable bonds is 7. The van der Waals surface area contributed by atoms with Gasteiger partial charge < -0.3 is 19.7 Å². The summed E-state index contributed by atoms with van der Waals surface area (Å²) in [5.41, 5.74) is 3.32. The van der Waals surface area contributed by atoms with Crippen LogP contribution >= 0.6 is 11.6 Å². The summed E-state index contributed by atoms with van der Waals surface area (Å²) in [6.07, 6.45) is 3.45. The van der Waals surface area contributed by atoms with E-state index >= 15 is 0 Å². The standard InChI is InChI=1S/C25H30ClN3O3/c26-22-6-4-21(5-7-22)24(29-13-17-32-18-14-29)19-27-25(30)10-3-20-1-8-23(9-2-20)28-11-15-31-16-12-28/h1-10,24H,11-19H2,(H,27,30)/b10-3+. The van der Waals surface area contributed by atoms with Crippen molar-refractivity contribution in [2.45, 2.75) is 6.04 Å². The van der Waals surface area contributed by atoms with E-state index in [0.29, 0.717) is 24.8 Å². The van der Waals surface area contributed by atoms with Crippen LogP contribution in [0.4, 0.5) is 5.69 Å². The number of nitrogens with zero attached hydrogens (tertiary/aromatic N) is 2. The van der Waals surface area contributed by atoms with Crippen LogP contribution in [0.25, 0.3) is 6.08 Å². The molecular formula is C25H30ClN3O3. The van der Waals surface area contributed by atoms with Crippen molar-refractivity contribution < 1.29 is 14.3 Å². The number of ether oxygens (including phenoxy) is 2. The van der Waals surface area contributed by atoms with Crippen molar-refractivity contribution in [3.05, 3.63) is 70.8 Å². The number of amides is 1. The smallest absolute Gasteiger partial charge is 0.244 e. The molecule has 1 atom stereocenters. The van der Waals surface area contributed by atoms with Crippen LogP contribution in [0.1, 0.15) is 17.2 Å². The molecule has 0 spiro atoms. The molecule has 0 radical (unpaired) electrons. The third-order valence-electron chi connectivity index (χ3n) is 5.91. The third-order valence-corrected chi connectivity index (χ3v) is 6.16. The number of nitrogens with one attached hydrogen (secondary N) is 1. The van der Waals surface area contributed by atoms with E-state index in [1.807, 2.05) is 42.5 Å². The molecule has 6 nitrogen and oxygen atoms in total. The van der Waals surface area contributed by atoms with Crippen molar-refractivity contribution in [2.75, 3.05) is 64.1 Å². The lowest BCUT2D eigenvalue weighted by Crippen LogP contribution is -2.43. The quantitative estimate of drug-likeness (QED) is 0.649. The maximum Gasteiger partial charge on any atom is 0.244 e. The lowest BCUT2D eigenvalue weighted by molar-refractivity contribution is -0.116. The molecule has 2 aromatic carbocycles. The second-order valence-electron chi connectivity index (χ2n) is 7.99. The number of carbonyl (C=O) groups is 1. The van der Waals surface area contributed by atoms with Gasteiger partial charge in [0.2, 0.25) is 5.91 Å². The summed E-state index contributed by atoms with van der Waals surface area (Å²) in [4.78, 5) is 17.2. The van der Waals surface area contributed by atoms with Crippen LogP contribution in [-0.4, -0.2) is 70.0 Å². The monoisotopic (exact) mass is 455 g/mol. The fraction of sp³-hybridized carbons (Fsp3) is 0.400. The van der Waals surface area contributed by atoms with Crippen LogP contribution in [-0.2, 0) is 14.3 Å². The van der Waals surface area contributed by atoms with Gasteiger partial charge in [-0.3, -0.25) is 9.69 Å². The second-order valence-corrected chi connectivity index (χ2v) is 8.42. The van der Waals surface area contributed by atoms with Crippen molar-refractivity contribution >= 4 is 29.3 Å². The van der Waals surface area contributed by atoms with Crippen molar-refractivity contribution in [3.8, 4) is 0 Å². The lowest BCUT2D eigenvalue weighted by atomic mass is 10.0. The lowest BCUT2D eigenvalue weighted by Gasteiger charge is -2.34. The van der Waals surface area contributed by atoms with Gasteiger partial charge in [0.25, 0.3) is 0 Å². The van der Waals surface area contributed by atoms with E-state index in [-0.39, 0.29) is 11.9 Å². The molecule has 2 fully saturated rings. The normalized spacial score (nSPS) is 18.6. The van der Waals surface area contributed by atoms with Gasteiger partial charge in [0.15, 0.2) is 0 Å². The van der Waals surface area contributed by atoms with Gasteiger partial charge in [-0.25, -0.2) is 0 Å². The Bertz CT molecular complexity index is 890. The van der Waals surface area contributed by atoms with E-state index in [9.17, 15) is 4.79 Å². The molecule has 2 heterocycles. The van der Waals surface area contributed by atoms with Crippen molar-refractivity contribution in [2.24, 2.45) is 0 Å². The molecule has 0 aliphatic carbocycles. The average molecular weight is 456 g/mol. The van der Waals surface area contributed by atoms with Crippen molar-refractivity contribution in [1.82, 2.24) is 10.2 Å². The molecule has 7 heteroatoms. The van der Waals surface area contributed by atoms with E-state index in [1.54, 1.807) is 6.08 Å².